The molecule has 60 valence electrons. The van der Waals surface area contributed by atoms with Gasteiger partial charge in [0.25, 0.3) is 5.91 Å². The maximum absolute atomic E-state index is 11.0. The van der Waals surface area contributed by atoms with E-state index in [4.69, 9.17) is 11.6 Å². The second kappa shape index (κ2) is 4.25. The van der Waals surface area contributed by atoms with Crippen LogP contribution in [0.15, 0.2) is 5.38 Å². The molecule has 0 bridgehead atoms. The molecule has 0 atom stereocenters. The Morgan fingerprint density at radius 3 is 3.18 bits per heavy atom. The molecule has 1 aromatic rings. The van der Waals surface area contributed by atoms with Crippen LogP contribution in [0.25, 0.3) is 0 Å². The van der Waals surface area contributed by atoms with Gasteiger partial charge in [-0.2, -0.15) is 0 Å². The van der Waals surface area contributed by atoms with Crippen LogP contribution in [-0.4, -0.2) is 27.9 Å². The van der Waals surface area contributed by atoms with E-state index in [1.165, 1.54) is 0 Å². The number of amides is 1. The van der Waals surface area contributed by atoms with Gasteiger partial charge in [-0.05, 0) is 11.5 Å². The highest BCUT2D eigenvalue weighted by Crippen LogP contribution is 1.95. The zero-order valence-electron chi connectivity index (χ0n) is 5.58. The normalized spacial score (nSPS) is 9.55. The van der Waals surface area contributed by atoms with Gasteiger partial charge in [-0.15, -0.1) is 16.7 Å². The van der Waals surface area contributed by atoms with Crippen molar-refractivity contribution >= 4 is 29.0 Å². The number of nitrogens with zero attached hydrogens (tertiary/aromatic N) is 2. The Hall–Kier alpha value is -0.680. The maximum Gasteiger partial charge on any atom is 0.272 e. The zero-order valence-corrected chi connectivity index (χ0v) is 7.15. The second-order valence-electron chi connectivity index (χ2n) is 1.74. The van der Waals surface area contributed by atoms with Crippen molar-refractivity contribution in [2.24, 2.45) is 0 Å². The zero-order chi connectivity index (χ0) is 8.10. The predicted molar refractivity (Wildman–Crippen MR) is 43.0 cm³/mol. The SMILES string of the molecule is O=C(NCCCl)c1csnn1. The molecular formula is C5H6ClN3OS. The first-order chi connectivity index (χ1) is 5.34. The first-order valence-electron chi connectivity index (χ1n) is 2.96. The Bertz CT molecular complexity index is 226. The standard InChI is InChI=1S/C5H6ClN3OS/c6-1-2-7-5(10)4-3-11-9-8-4/h3H,1-2H2,(H,7,10). The minimum absolute atomic E-state index is 0.223. The molecule has 0 aliphatic rings. The van der Waals surface area contributed by atoms with E-state index in [0.717, 1.165) is 11.5 Å². The summed E-state index contributed by atoms with van der Waals surface area (Å²) in [6.45, 7) is 0.456. The Labute approximate surface area is 72.7 Å². The quantitative estimate of drug-likeness (QED) is 0.709. The van der Waals surface area contributed by atoms with Crippen LogP contribution in [0.3, 0.4) is 0 Å². The van der Waals surface area contributed by atoms with E-state index >= 15 is 0 Å². The summed E-state index contributed by atoms with van der Waals surface area (Å²) < 4.78 is 3.55. The maximum atomic E-state index is 11.0. The van der Waals surface area contributed by atoms with Gasteiger partial charge in [-0.1, -0.05) is 4.49 Å². The summed E-state index contributed by atoms with van der Waals surface area (Å²) >= 11 is 6.51. The molecule has 1 aromatic heterocycles. The summed E-state index contributed by atoms with van der Waals surface area (Å²) in [7, 11) is 0. The van der Waals surface area contributed by atoms with Crippen molar-refractivity contribution in [3.63, 3.8) is 0 Å². The molecule has 1 amide bonds. The average Bonchev–Trinajstić information content (AvgIpc) is 2.52. The van der Waals surface area contributed by atoms with Gasteiger partial charge < -0.3 is 5.32 Å². The molecule has 0 unspecified atom stereocenters. The van der Waals surface area contributed by atoms with Crippen molar-refractivity contribution < 1.29 is 4.79 Å². The third kappa shape index (κ3) is 2.44. The van der Waals surface area contributed by atoms with Crippen LogP contribution in [0.5, 0.6) is 0 Å². The summed E-state index contributed by atoms with van der Waals surface area (Å²) in [6, 6.07) is 0. The van der Waals surface area contributed by atoms with Crippen LogP contribution >= 0.6 is 23.1 Å². The molecule has 0 aliphatic heterocycles. The molecule has 0 saturated heterocycles. The summed E-state index contributed by atoms with van der Waals surface area (Å²) in [5, 5.41) is 7.74. The Morgan fingerprint density at radius 2 is 2.64 bits per heavy atom. The highest BCUT2D eigenvalue weighted by molar-refractivity contribution is 7.03. The first kappa shape index (κ1) is 8.42. The van der Waals surface area contributed by atoms with Crippen molar-refractivity contribution in [1.29, 1.82) is 0 Å². The number of alkyl halides is 1. The van der Waals surface area contributed by atoms with Gasteiger partial charge >= 0.3 is 0 Å². The molecule has 1 heterocycles. The minimum Gasteiger partial charge on any atom is -0.349 e. The van der Waals surface area contributed by atoms with Crippen LogP contribution < -0.4 is 5.32 Å². The monoisotopic (exact) mass is 191 g/mol. The van der Waals surface area contributed by atoms with Gasteiger partial charge in [0.05, 0.1) is 0 Å². The van der Waals surface area contributed by atoms with Gasteiger partial charge in [0.15, 0.2) is 5.69 Å². The third-order valence-electron chi connectivity index (χ3n) is 0.973. The van der Waals surface area contributed by atoms with Crippen LogP contribution in [0.4, 0.5) is 0 Å². The van der Waals surface area contributed by atoms with Gasteiger partial charge in [0.1, 0.15) is 0 Å². The molecule has 0 fully saturated rings. The number of hydrogen-bond acceptors (Lipinski definition) is 4. The van der Waals surface area contributed by atoms with Crippen molar-refractivity contribution in [1.82, 2.24) is 14.9 Å². The lowest BCUT2D eigenvalue weighted by atomic mass is 10.4. The van der Waals surface area contributed by atoms with E-state index in [9.17, 15) is 4.79 Å². The molecule has 1 rings (SSSR count). The number of halogens is 1. The van der Waals surface area contributed by atoms with Gasteiger partial charge in [0.2, 0.25) is 0 Å². The average molecular weight is 192 g/mol. The summed E-state index contributed by atoms with van der Waals surface area (Å²) in [4.78, 5) is 11.0. The molecule has 0 aromatic carbocycles. The van der Waals surface area contributed by atoms with E-state index in [-0.39, 0.29) is 5.91 Å². The van der Waals surface area contributed by atoms with Crippen molar-refractivity contribution in [3.05, 3.63) is 11.1 Å². The summed E-state index contributed by atoms with van der Waals surface area (Å²) in [5.41, 5.74) is 0.347. The van der Waals surface area contributed by atoms with E-state index < -0.39 is 0 Å². The number of carbonyl (C=O) groups is 1. The van der Waals surface area contributed by atoms with Gasteiger partial charge in [0, 0.05) is 17.8 Å². The predicted octanol–water partition coefficient (Wildman–Crippen LogP) is 0.507. The minimum atomic E-state index is -0.223. The summed E-state index contributed by atoms with van der Waals surface area (Å²) in [5.74, 6) is 0.183. The molecule has 0 radical (unpaired) electrons. The molecule has 0 aliphatic carbocycles. The number of nitrogens with one attached hydrogen (secondary N) is 1. The second-order valence-corrected chi connectivity index (χ2v) is 2.72. The molecule has 11 heavy (non-hydrogen) atoms. The topological polar surface area (TPSA) is 54.9 Å². The van der Waals surface area contributed by atoms with Crippen molar-refractivity contribution in [2.45, 2.75) is 0 Å². The molecule has 6 heteroatoms. The largest absolute Gasteiger partial charge is 0.349 e. The third-order valence-corrected chi connectivity index (χ3v) is 1.67. The number of hydrogen-bond donors (Lipinski definition) is 1. The van der Waals surface area contributed by atoms with Crippen LogP contribution in [0.1, 0.15) is 10.5 Å². The molecule has 0 spiro atoms. The van der Waals surface area contributed by atoms with Gasteiger partial charge in [-0.3, -0.25) is 4.79 Å². The van der Waals surface area contributed by atoms with Crippen molar-refractivity contribution in [3.8, 4) is 0 Å². The Kier molecular flexibility index (Phi) is 3.25. The van der Waals surface area contributed by atoms with E-state index in [1.807, 2.05) is 0 Å². The fourth-order valence-corrected chi connectivity index (χ4v) is 1.05. The number of aromatic nitrogens is 2. The van der Waals surface area contributed by atoms with Crippen LogP contribution in [-0.2, 0) is 0 Å². The lowest BCUT2D eigenvalue weighted by molar-refractivity contribution is 0.0951. The van der Waals surface area contributed by atoms with E-state index in [0.29, 0.717) is 18.1 Å². The Morgan fingerprint density at radius 1 is 1.82 bits per heavy atom. The lowest BCUT2D eigenvalue weighted by Gasteiger charge is -1.96. The van der Waals surface area contributed by atoms with Crippen LogP contribution in [0.2, 0.25) is 0 Å². The molecule has 1 N–H and O–H groups in total. The molecule has 4 nitrogen and oxygen atoms in total. The lowest BCUT2D eigenvalue weighted by Crippen LogP contribution is -2.25. The first-order valence-corrected chi connectivity index (χ1v) is 4.33. The van der Waals surface area contributed by atoms with Gasteiger partial charge in [-0.25, -0.2) is 0 Å². The van der Waals surface area contributed by atoms with E-state index in [2.05, 4.69) is 14.9 Å². The highest BCUT2D eigenvalue weighted by Gasteiger charge is 2.06. The van der Waals surface area contributed by atoms with E-state index in [1.54, 1.807) is 5.38 Å². The smallest absolute Gasteiger partial charge is 0.272 e. The van der Waals surface area contributed by atoms with Crippen molar-refractivity contribution in [2.75, 3.05) is 12.4 Å². The number of rotatable bonds is 3. The molecule has 0 saturated carbocycles. The van der Waals surface area contributed by atoms with Crippen LogP contribution in [0, 0.1) is 0 Å². The summed E-state index contributed by atoms with van der Waals surface area (Å²) in [6.07, 6.45) is 0. The molecular weight excluding hydrogens is 186 g/mol. The highest BCUT2D eigenvalue weighted by atomic mass is 35.5. The Balaban J connectivity index is 2.43. The fourth-order valence-electron chi connectivity index (χ4n) is 0.515. The number of carbonyl (C=O) groups excluding carboxylic acids is 1. The fraction of sp³-hybridized carbons (Fsp3) is 0.400.